The van der Waals surface area contributed by atoms with E-state index in [9.17, 15) is 9.59 Å². The molecule has 0 amide bonds. The first-order chi connectivity index (χ1) is 6.99. The zero-order valence-corrected chi connectivity index (χ0v) is 9.60. The van der Waals surface area contributed by atoms with Crippen molar-refractivity contribution in [2.45, 2.75) is 20.8 Å². The fourth-order valence-electron chi connectivity index (χ4n) is 1.19. The van der Waals surface area contributed by atoms with Crippen LogP contribution in [0.25, 0.3) is 0 Å². The molecule has 1 aromatic rings. The van der Waals surface area contributed by atoms with Crippen LogP contribution < -0.4 is 0 Å². The van der Waals surface area contributed by atoms with Crippen LogP contribution >= 0.6 is 11.3 Å². The van der Waals surface area contributed by atoms with Crippen LogP contribution in [0.5, 0.6) is 0 Å². The summed E-state index contributed by atoms with van der Waals surface area (Å²) in [4.78, 5) is 22.9. The van der Waals surface area contributed by atoms with Crippen LogP contribution in [0.4, 0.5) is 0 Å². The lowest BCUT2D eigenvalue weighted by molar-refractivity contribution is 0.0531. The average molecular weight is 228 g/mol. The minimum absolute atomic E-state index is 0.204. The topological polar surface area (TPSA) is 63.6 Å². The van der Waals surface area contributed by atoms with Gasteiger partial charge in [-0.25, -0.2) is 9.59 Å². The third kappa shape index (κ3) is 2.18. The van der Waals surface area contributed by atoms with Crippen molar-refractivity contribution < 1.29 is 19.4 Å². The van der Waals surface area contributed by atoms with E-state index in [-0.39, 0.29) is 11.5 Å². The number of ether oxygens (including phenoxy) is 1. The molecule has 0 aliphatic rings. The van der Waals surface area contributed by atoms with Crippen molar-refractivity contribution in [2.75, 3.05) is 6.61 Å². The molecular formula is C10H12O4S. The molecule has 1 heterocycles. The summed E-state index contributed by atoms with van der Waals surface area (Å²) in [5.74, 6) is -1.45. The SMILES string of the molecule is CCOC(=O)c1sc(C(=O)O)c(C)c1C. The van der Waals surface area contributed by atoms with Gasteiger partial charge in [0.15, 0.2) is 0 Å². The number of aromatic carboxylic acids is 1. The van der Waals surface area contributed by atoms with Crippen molar-refractivity contribution >= 4 is 23.3 Å². The van der Waals surface area contributed by atoms with Gasteiger partial charge in [0.1, 0.15) is 9.75 Å². The fourth-order valence-corrected chi connectivity index (χ4v) is 2.24. The maximum absolute atomic E-state index is 11.4. The molecule has 0 unspecified atom stereocenters. The minimum Gasteiger partial charge on any atom is -0.477 e. The van der Waals surface area contributed by atoms with Gasteiger partial charge in [0.2, 0.25) is 0 Å². The van der Waals surface area contributed by atoms with E-state index < -0.39 is 11.9 Å². The molecule has 0 saturated carbocycles. The summed E-state index contributed by atoms with van der Waals surface area (Å²) < 4.78 is 4.84. The van der Waals surface area contributed by atoms with Crippen molar-refractivity contribution in [2.24, 2.45) is 0 Å². The molecule has 1 rings (SSSR count). The van der Waals surface area contributed by atoms with Crippen molar-refractivity contribution in [3.8, 4) is 0 Å². The van der Waals surface area contributed by atoms with Gasteiger partial charge in [-0.2, -0.15) is 0 Å². The molecule has 0 saturated heterocycles. The van der Waals surface area contributed by atoms with Crippen LogP contribution in [-0.4, -0.2) is 23.7 Å². The zero-order chi connectivity index (χ0) is 11.6. The summed E-state index contributed by atoms with van der Waals surface area (Å²) in [6.07, 6.45) is 0. The molecule has 0 bridgehead atoms. The van der Waals surface area contributed by atoms with Crippen molar-refractivity contribution in [1.29, 1.82) is 0 Å². The number of carboxylic acid groups (broad SMARTS) is 1. The Morgan fingerprint density at radius 1 is 1.27 bits per heavy atom. The number of carbonyl (C=O) groups excluding carboxylic acids is 1. The second-order valence-corrected chi connectivity index (χ2v) is 4.06. The molecule has 0 aliphatic heterocycles. The maximum atomic E-state index is 11.4. The maximum Gasteiger partial charge on any atom is 0.348 e. The number of carbonyl (C=O) groups is 2. The highest BCUT2D eigenvalue weighted by Crippen LogP contribution is 2.27. The predicted octanol–water partition coefficient (Wildman–Crippen LogP) is 2.24. The molecule has 0 radical (unpaired) electrons. The first-order valence-corrected chi connectivity index (χ1v) is 5.31. The van der Waals surface area contributed by atoms with Gasteiger partial charge >= 0.3 is 11.9 Å². The monoisotopic (exact) mass is 228 g/mol. The quantitative estimate of drug-likeness (QED) is 0.806. The van der Waals surface area contributed by atoms with Gasteiger partial charge in [0.05, 0.1) is 6.61 Å². The highest BCUT2D eigenvalue weighted by Gasteiger charge is 2.21. The normalized spacial score (nSPS) is 10.1. The Balaban J connectivity index is 3.16. The molecule has 15 heavy (non-hydrogen) atoms. The van der Waals surface area contributed by atoms with Gasteiger partial charge in [-0.05, 0) is 31.9 Å². The summed E-state index contributed by atoms with van der Waals surface area (Å²) in [5.41, 5.74) is 1.33. The average Bonchev–Trinajstić information content (AvgIpc) is 2.45. The van der Waals surface area contributed by atoms with Gasteiger partial charge in [-0.15, -0.1) is 11.3 Å². The Morgan fingerprint density at radius 3 is 2.20 bits per heavy atom. The first-order valence-electron chi connectivity index (χ1n) is 4.49. The summed E-state index contributed by atoms with van der Waals surface area (Å²) >= 11 is 0.968. The van der Waals surface area contributed by atoms with E-state index in [1.165, 1.54) is 0 Å². The molecule has 0 fully saturated rings. The molecule has 1 aromatic heterocycles. The Hall–Kier alpha value is -1.36. The lowest BCUT2D eigenvalue weighted by Gasteiger charge is -1.99. The van der Waals surface area contributed by atoms with Crippen molar-refractivity contribution in [3.05, 3.63) is 20.9 Å². The van der Waals surface area contributed by atoms with Crippen molar-refractivity contribution in [3.63, 3.8) is 0 Å². The molecule has 0 spiro atoms. The van der Waals surface area contributed by atoms with Gasteiger partial charge in [0, 0.05) is 0 Å². The molecule has 1 N–H and O–H groups in total. The second kappa shape index (κ2) is 4.44. The molecule has 0 aromatic carbocycles. The molecule has 4 nitrogen and oxygen atoms in total. The van der Waals surface area contributed by atoms with Crippen LogP contribution in [0.1, 0.15) is 37.4 Å². The zero-order valence-electron chi connectivity index (χ0n) is 8.79. The second-order valence-electron chi connectivity index (χ2n) is 3.04. The first kappa shape index (κ1) is 11.7. The summed E-state index contributed by atoms with van der Waals surface area (Å²) in [6.45, 7) is 5.42. The molecule has 0 aliphatic carbocycles. The fraction of sp³-hybridized carbons (Fsp3) is 0.400. The molecule has 82 valence electrons. The molecule has 0 atom stereocenters. The van der Waals surface area contributed by atoms with Gasteiger partial charge in [-0.3, -0.25) is 0 Å². The smallest absolute Gasteiger partial charge is 0.348 e. The van der Waals surface area contributed by atoms with Crippen LogP contribution in [0, 0.1) is 13.8 Å². The standard InChI is InChI=1S/C10H12O4S/c1-4-14-10(13)8-6(3)5(2)7(15-8)9(11)12/h4H2,1-3H3,(H,11,12). The number of hydrogen-bond donors (Lipinski definition) is 1. The van der Waals surface area contributed by atoms with E-state index in [0.29, 0.717) is 16.0 Å². The van der Waals surface area contributed by atoms with Crippen LogP contribution in [0.3, 0.4) is 0 Å². The van der Waals surface area contributed by atoms with Gasteiger partial charge in [-0.1, -0.05) is 0 Å². The van der Waals surface area contributed by atoms with E-state index in [1.807, 2.05) is 0 Å². The minimum atomic E-state index is -1.00. The number of hydrogen-bond acceptors (Lipinski definition) is 4. The van der Waals surface area contributed by atoms with Gasteiger partial charge in [0.25, 0.3) is 0 Å². The summed E-state index contributed by atoms with van der Waals surface area (Å²) in [6, 6.07) is 0. The number of esters is 1. The van der Waals surface area contributed by atoms with E-state index >= 15 is 0 Å². The number of carboxylic acids is 1. The Morgan fingerprint density at radius 2 is 1.80 bits per heavy atom. The van der Waals surface area contributed by atoms with Crippen molar-refractivity contribution in [1.82, 2.24) is 0 Å². The molecule has 5 heteroatoms. The van der Waals surface area contributed by atoms with E-state index in [0.717, 1.165) is 11.3 Å². The predicted molar refractivity (Wildman–Crippen MR) is 56.7 cm³/mol. The number of thiophene rings is 1. The summed E-state index contributed by atoms with van der Waals surface area (Å²) in [5, 5.41) is 8.87. The Bertz CT molecular complexity index is 406. The lowest BCUT2D eigenvalue weighted by atomic mass is 10.1. The van der Waals surface area contributed by atoms with Gasteiger partial charge < -0.3 is 9.84 Å². The van der Waals surface area contributed by atoms with E-state index in [1.54, 1.807) is 20.8 Å². The van der Waals surface area contributed by atoms with E-state index in [2.05, 4.69) is 0 Å². The third-order valence-corrected chi connectivity index (χ3v) is 3.46. The number of rotatable bonds is 3. The van der Waals surface area contributed by atoms with Crippen LogP contribution in [0.2, 0.25) is 0 Å². The highest BCUT2D eigenvalue weighted by molar-refractivity contribution is 7.16. The Kier molecular flexibility index (Phi) is 3.47. The van der Waals surface area contributed by atoms with Crippen LogP contribution in [-0.2, 0) is 4.74 Å². The largest absolute Gasteiger partial charge is 0.477 e. The Labute approximate surface area is 91.5 Å². The third-order valence-electron chi connectivity index (χ3n) is 2.10. The lowest BCUT2D eigenvalue weighted by Crippen LogP contribution is -2.03. The highest BCUT2D eigenvalue weighted by atomic mass is 32.1. The van der Waals surface area contributed by atoms with E-state index in [4.69, 9.17) is 9.84 Å². The summed E-state index contributed by atoms with van der Waals surface area (Å²) in [7, 11) is 0. The molecular weight excluding hydrogens is 216 g/mol. The van der Waals surface area contributed by atoms with Crippen LogP contribution in [0.15, 0.2) is 0 Å².